The highest BCUT2D eigenvalue weighted by Crippen LogP contribution is 2.37. The predicted octanol–water partition coefficient (Wildman–Crippen LogP) is 4.08. The number of carbonyl (C=O) groups excluding carboxylic acids is 2. The Labute approximate surface area is 155 Å². The zero-order chi connectivity index (χ0) is 17.9. The number of nitrogens with one attached hydrogen (secondary N) is 2. The number of anilines is 1. The first-order valence-corrected chi connectivity index (χ1v) is 9.46. The number of hydrogen-bond donors (Lipinski definition) is 2. The van der Waals surface area contributed by atoms with Gasteiger partial charge >= 0.3 is 0 Å². The summed E-state index contributed by atoms with van der Waals surface area (Å²) in [7, 11) is 0. The highest BCUT2D eigenvalue weighted by Gasteiger charge is 2.18. The topological polar surface area (TPSA) is 58.2 Å². The van der Waals surface area contributed by atoms with E-state index in [1.807, 2.05) is 23.6 Å². The second-order valence-electron chi connectivity index (χ2n) is 6.27. The van der Waals surface area contributed by atoms with Gasteiger partial charge < -0.3 is 10.6 Å². The molecule has 2 amide bonds. The Bertz CT molecular complexity index is 964. The van der Waals surface area contributed by atoms with E-state index in [1.165, 1.54) is 33.6 Å². The van der Waals surface area contributed by atoms with Crippen molar-refractivity contribution in [3.05, 3.63) is 76.0 Å². The van der Waals surface area contributed by atoms with Gasteiger partial charge in [-0.2, -0.15) is 11.3 Å². The van der Waals surface area contributed by atoms with Crippen LogP contribution < -0.4 is 10.6 Å². The first-order valence-electron chi connectivity index (χ1n) is 8.52. The molecule has 1 aliphatic rings. The fourth-order valence-corrected chi connectivity index (χ4v) is 3.87. The van der Waals surface area contributed by atoms with Gasteiger partial charge in [-0.15, -0.1) is 0 Å². The maximum Gasteiger partial charge on any atom is 0.252 e. The van der Waals surface area contributed by atoms with Gasteiger partial charge in [0.25, 0.3) is 5.91 Å². The molecule has 1 aliphatic carbocycles. The van der Waals surface area contributed by atoms with Crippen LogP contribution in [0.5, 0.6) is 0 Å². The monoisotopic (exact) mass is 362 g/mol. The molecule has 3 aromatic rings. The van der Waals surface area contributed by atoms with Crippen LogP contribution in [0.1, 0.15) is 27.9 Å². The fraction of sp³-hybridized carbons (Fsp3) is 0.143. The Morgan fingerprint density at radius 3 is 2.69 bits per heavy atom. The Balaban J connectivity index is 1.33. The molecule has 0 saturated carbocycles. The fourth-order valence-electron chi connectivity index (χ4n) is 3.23. The smallest absolute Gasteiger partial charge is 0.252 e. The van der Waals surface area contributed by atoms with Gasteiger partial charge in [0.15, 0.2) is 0 Å². The van der Waals surface area contributed by atoms with Crippen molar-refractivity contribution in [3.63, 3.8) is 0 Å². The molecule has 26 heavy (non-hydrogen) atoms. The van der Waals surface area contributed by atoms with Crippen LogP contribution in [0.3, 0.4) is 0 Å². The van der Waals surface area contributed by atoms with Crippen LogP contribution in [0.15, 0.2) is 59.3 Å². The van der Waals surface area contributed by atoms with Gasteiger partial charge in [-0.1, -0.05) is 30.3 Å². The molecule has 130 valence electrons. The zero-order valence-electron chi connectivity index (χ0n) is 14.1. The third-order valence-corrected chi connectivity index (χ3v) is 5.18. The number of rotatable bonds is 5. The molecule has 4 nitrogen and oxygen atoms in total. The van der Waals surface area contributed by atoms with E-state index in [9.17, 15) is 9.59 Å². The number of carbonyl (C=O) groups is 2. The summed E-state index contributed by atoms with van der Waals surface area (Å²) in [6, 6.07) is 16.2. The zero-order valence-corrected chi connectivity index (χ0v) is 14.9. The molecular weight excluding hydrogens is 344 g/mol. The van der Waals surface area contributed by atoms with E-state index >= 15 is 0 Å². The average molecular weight is 362 g/mol. The van der Waals surface area contributed by atoms with Crippen LogP contribution in [0.2, 0.25) is 0 Å². The Hall–Kier alpha value is -2.92. The number of fused-ring (bicyclic) bond motifs is 3. The van der Waals surface area contributed by atoms with Gasteiger partial charge in [-0.25, -0.2) is 0 Å². The molecule has 0 saturated heterocycles. The SMILES string of the molecule is O=C(CCNC(=O)c1ccsc1)Nc1ccc2c(c1)Cc1ccccc1-2. The molecule has 2 aromatic carbocycles. The lowest BCUT2D eigenvalue weighted by atomic mass is 10.1. The molecule has 2 N–H and O–H groups in total. The largest absolute Gasteiger partial charge is 0.351 e. The minimum atomic E-state index is -0.144. The van der Waals surface area contributed by atoms with Gasteiger partial charge in [-0.05, 0) is 52.3 Å². The molecule has 0 aliphatic heterocycles. The van der Waals surface area contributed by atoms with Gasteiger partial charge in [0.1, 0.15) is 0 Å². The van der Waals surface area contributed by atoms with Gasteiger partial charge in [0, 0.05) is 29.6 Å². The van der Waals surface area contributed by atoms with E-state index in [0.717, 1.165) is 12.1 Å². The summed E-state index contributed by atoms with van der Waals surface area (Å²) in [5, 5.41) is 9.33. The first kappa shape index (κ1) is 16.5. The average Bonchev–Trinajstić information content (AvgIpc) is 3.29. The summed E-state index contributed by atoms with van der Waals surface area (Å²) in [6.07, 6.45) is 1.14. The molecule has 0 bridgehead atoms. The van der Waals surface area contributed by atoms with Crippen LogP contribution in [0.25, 0.3) is 11.1 Å². The molecule has 0 atom stereocenters. The third-order valence-electron chi connectivity index (χ3n) is 4.50. The highest BCUT2D eigenvalue weighted by molar-refractivity contribution is 7.08. The van der Waals surface area contributed by atoms with E-state index in [4.69, 9.17) is 0 Å². The van der Waals surface area contributed by atoms with Crippen molar-refractivity contribution in [3.8, 4) is 11.1 Å². The number of thiophene rings is 1. The van der Waals surface area contributed by atoms with Crippen LogP contribution in [-0.4, -0.2) is 18.4 Å². The summed E-state index contributed by atoms with van der Waals surface area (Å²) in [4.78, 5) is 24.0. The number of benzene rings is 2. The minimum Gasteiger partial charge on any atom is -0.351 e. The normalized spacial score (nSPS) is 11.5. The quantitative estimate of drug-likeness (QED) is 0.562. The summed E-state index contributed by atoms with van der Waals surface area (Å²) < 4.78 is 0. The van der Waals surface area contributed by atoms with Gasteiger partial charge in [0.2, 0.25) is 5.91 Å². The molecular formula is C21H18N2O2S. The Kier molecular flexibility index (Phi) is 4.54. The molecule has 0 fully saturated rings. The Morgan fingerprint density at radius 2 is 1.85 bits per heavy atom. The summed E-state index contributed by atoms with van der Waals surface area (Å²) in [5.74, 6) is -0.250. The maximum atomic E-state index is 12.1. The lowest BCUT2D eigenvalue weighted by Gasteiger charge is -2.08. The maximum absolute atomic E-state index is 12.1. The molecule has 1 aromatic heterocycles. The van der Waals surface area contributed by atoms with E-state index in [2.05, 4.69) is 34.9 Å². The highest BCUT2D eigenvalue weighted by atomic mass is 32.1. The van der Waals surface area contributed by atoms with Crippen molar-refractivity contribution in [2.24, 2.45) is 0 Å². The molecule has 4 rings (SSSR count). The second kappa shape index (κ2) is 7.14. The molecule has 5 heteroatoms. The van der Waals surface area contributed by atoms with E-state index in [-0.39, 0.29) is 18.2 Å². The van der Waals surface area contributed by atoms with E-state index in [0.29, 0.717) is 12.1 Å². The van der Waals surface area contributed by atoms with Crippen molar-refractivity contribution in [2.45, 2.75) is 12.8 Å². The number of amides is 2. The van der Waals surface area contributed by atoms with Crippen LogP contribution in [0, 0.1) is 0 Å². The lowest BCUT2D eigenvalue weighted by molar-refractivity contribution is -0.116. The third kappa shape index (κ3) is 3.39. The van der Waals surface area contributed by atoms with Crippen molar-refractivity contribution in [2.75, 3.05) is 11.9 Å². The molecule has 0 spiro atoms. The first-order chi connectivity index (χ1) is 12.7. The summed E-state index contributed by atoms with van der Waals surface area (Å²) in [6.45, 7) is 0.316. The molecule has 1 heterocycles. The van der Waals surface area contributed by atoms with Crippen LogP contribution in [-0.2, 0) is 11.2 Å². The second-order valence-corrected chi connectivity index (χ2v) is 7.05. The van der Waals surface area contributed by atoms with Crippen molar-refractivity contribution < 1.29 is 9.59 Å². The Morgan fingerprint density at radius 1 is 1.00 bits per heavy atom. The summed E-state index contributed by atoms with van der Waals surface area (Å²) >= 11 is 1.47. The van der Waals surface area contributed by atoms with Crippen LogP contribution >= 0.6 is 11.3 Å². The molecule has 0 radical (unpaired) electrons. The van der Waals surface area contributed by atoms with Crippen molar-refractivity contribution >= 4 is 28.8 Å². The molecule has 0 unspecified atom stereocenters. The van der Waals surface area contributed by atoms with Crippen molar-refractivity contribution in [1.82, 2.24) is 5.32 Å². The lowest BCUT2D eigenvalue weighted by Crippen LogP contribution is -2.27. The van der Waals surface area contributed by atoms with E-state index in [1.54, 1.807) is 11.4 Å². The predicted molar refractivity (Wildman–Crippen MR) is 105 cm³/mol. The van der Waals surface area contributed by atoms with Gasteiger partial charge in [-0.3, -0.25) is 9.59 Å². The van der Waals surface area contributed by atoms with E-state index < -0.39 is 0 Å². The number of hydrogen-bond acceptors (Lipinski definition) is 3. The van der Waals surface area contributed by atoms with Crippen molar-refractivity contribution in [1.29, 1.82) is 0 Å². The standard InChI is InChI=1S/C21H18N2O2S/c24-20(7-9-22-21(25)15-8-10-26-13-15)23-17-5-6-19-16(12-17)11-14-3-1-2-4-18(14)19/h1-6,8,10,12-13H,7,9,11H2,(H,22,25)(H,23,24). The summed E-state index contributed by atoms with van der Waals surface area (Å²) in [5.41, 5.74) is 6.49. The van der Waals surface area contributed by atoms with Gasteiger partial charge in [0.05, 0.1) is 0 Å². The van der Waals surface area contributed by atoms with Crippen LogP contribution in [0.4, 0.5) is 5.69 Å². The minimum absolute atomic E-state index is 0.105.